The van der Waals surface area contributed by atoms with Crippen LogP contribution in [0.3, 0.4) is 0 Å². The molecule has 1 heterocycles. The summed E-state index contributed by atoms with van der Waals surface area (Å²) >= 11 is 1.73. The van der Waals surface area contributed by atoms with Crippen molar-refractivity contribution in [2.45, 2.75) is 53.6 Å². The van der Waals surface area contributed by atoms with Gasteiger partial charge < -0.3 is 15.5 Å². The van der Waals surface area contributed by atoms with Crippen molar-refractivity contribution in [2.24, 2.45) is 10.9 Å². The number of aromatic nitrogens is 1. The number of nitrogens with zero attached hydrogens (tertiary/aromatic N) is 3. The number of aliphatic imine (C=N–C) groups is 1. The molecular formula is C17H33N5S. The Balaban J connectivity index is 2.66. The maximum absolute atomic E-state index is 4.71. The lowest BCUT2D eigenvalue weighted by atomic mass is 10.0. The van der Waals surface area contributed by atoms with E-state index in [1.54, 1.807) is 11.3 Å². The maximum atomic E-state index is 4.71. The van der Waals surface area contributed by atoms with Crippen LogP contribution >= 0.6 is 11.3 Å². The van der Waals surface area contributed by atoms with E-state index in [4.69, 9.17) is 4.99 Å². The predicted octanol–water partition coefficient (Wildman–Crippen LogP) is 2.79. The van der Waals surface area contributed by atoms with Crippen molar-refractivity contribution < 1.29 is 0 Å². The molecule has 0 radical (unpaired) electrons. The first kappa shape index (κ1) is 19.9. The Morgan fingerprint density at radius 3 is 2.43 bits per heavy atom. The normalized spacial score (nSPS) is 13.7. The molecule has 0 saturated carbocycles. The van der Waals surface area contributed by atoms with Crippen LogP contribution in [0.25, 0.3) is 0 Å². The van der Waals surface area contributed by atoms with Gasteiger partial charge in [0.25, 0.3) is 0 Å². The molecule has 0 aliphatic heterocycles. The molecule has 2 N–H and O–H groups in total. The molecule has 6 heteroatoms. The van der Waals surface area contributed by atoms with Crippen molar-refractivity contribution in [1.82, 2.24) is 20.5 Å². The first-order chi connectivity index (χ1) is 10.8. The minimum Gasteiger partial charge on any atom is -0.357 e. The fraction of sp³-hybridized carbons (Fsp3) is 0.765. The van der Waals surface area contributed by atoms with E-state index in [9.17, 15) is 0 Å². The van der Waals surface area contributed by atoms with E-state index in [1.165, 1.54) is 11.3 Å². The highest BCUT2D eigenvalue weighted by Gasteiger charge is 2.14. The van der Waals surface area contributed by atoms with Crippen molar-refractivity contribution in [2.75, 3.05) is 27.2 Å². The quantitative estimate of drug-likeness (QED) is 0.565. The molecule has 0 aliphatic rings. The molecule has 132 valence electrons. The van der Waals surface area contributed by atoms with E-state index in [2.05, 4.69) is 62.3 Å². The van der Waals surface area contributed by atoms with Crippen LogP contribution in [0.15, 0.2) is 4.99 Å². The largest absolute Gasteiger partial charge is 0.357 e. The topological polar surface area (TPSA) is 52.6 Å². The summed E-state index contributed by atoms with van der Waals surface area (Å²) in [7, 11) is 4.28. The van der Waals surface area contributed by atoms with Gasteiger partial charge in [-0.2, -0.15) is 0 Å². The molecule has 0 aliphatic carbocycles. The van der Waals surface area contributed by atoms with Gasteiger partial charge in [0.1, 0.15) is 0 Å². The van der Waals surface area contributed by atoms with Gasteiger partial charge in [-0.1, -0.05) is 13.8 Å². The van der Waals surface area contributed by atoms with Gasteiger partial charge in [0.05, 0.1) is 17.2 Å². The lowest BCUT2D eigenvalue weighted by molar-refractivity contribution is 0.254. The van der Waals surface area contributed by atoms with Gasteiger partial charge >= 0.3 is 0 Å². The van der Waals surface area contributed by atoms with Gasteiger partial charge in [-0.3, -0.25) is 0 Å². The van der Waals surface area contributed by atoms with E-state index in [1.807, 2.05) is 6.92 Å². The van der Waals surface area contributed by atoms with Crippen LogP contribution in [-0.2, 0) is 6.54 Å². The minimum atomic E-state index is 0.506. The highest BCUT2D eigenvalue weighted by Crippen LogP contribution is 2.17. The number of hydrogen-bond acceptors (Lipinski definition) is 4. The van der Waals surface area contributed by atoms with E-state index < -0.39 is 0 Å². The fourth-order valence-electron chi connectivity index (χ4n) is 2.45. The smallest absolute Gasteiger partial charge is 0.191 e. The third-order valence-electron chi connectivity index (χ3n) is 3.70. The van der Waals surface area contributed by atoms with Crippen molar-refractivity contribution in [3.05, 3.63) is 15.6 Å². The van der Waals surface area contributed by atoms with Crippen LogP contribution in [0.1, 0.15) is 42.8 Å². The summed E-state index contributed by atoms with van der Waals surface area (Å²) in [6.45, 7) is 13.2. The molecular weight excluding hydrogens is 306 g/mol. The number of hydrogen-bond donors (Lipinski definition) is 2. The monoisotopic (exact) mass is 339 g/mol. The van der Waals surface area contributed by atoms with Crippen molar-refractivity contribution >= 4 is 17.3 Å². The summed E-state index contributed by atoms with van der Waals surface area (Å²) in [6.07, 6.45) is 1.17. The number of guanidine groups is 1. The molecule has 23 heavy (non-hydrogen) atoms. The molecule has 0 bridgehead atoms. The van der Waals surface area contributed by atoms with Crippen LogP contribution in [0.5, 0.6) is 0 Å². The Hall–Kier alpha value is -1.14. The van der Waals surface area contributed by atoms with Crippen LogP contribution in [0.2, 0.25) is 0 Å². The van der Waals surface area contributed by atoms with Crippen molar-refractivity contribution in [3.8, 4) is 0 Å². The summed E-state index contributed by atoms with van der Waals surface area (Å²) in [6, 6.07) is 0.506. The Bertz CT molecular complexity index is 493. The first-order valence-corrected chi connectivity index (χ1v) is 9.26. The Morgan fingerprint density at radius 1 is 1.26 bits per heavy atom. The molecule has 0 amide bonds. The van der Waals surface area contributed by atoms with Crippen LogP contribution in [0, 0.1) is 19.8 Å². The van der Waals surface area contributed by atoms with E-state index in [-0.39, 0.29) is 0 Å². The molecule has 1 unspecified atom stereocenters. The zero-order valence-electron chi connectivity index (χ0n) is 15.7. The number of likely N-dealkylation sites (N-methyl/N-ethyl adjacent to an activating group) is 1. The Labute approximate surface area is 145 Å². The van der Waals surface area contributed by atoms with Gasteiger partial charge in [0.2, 0.25) is 0 Å². The van der Waals surface area contributed by atoms with Crippen LogP contribution in [0.4, 0.5) is 0 Å². The minimum absolute atomic E-state index is 0.506. The van der Waals surface area contributed by atoms with Gasteiger partial charge in [-0.05, 0) is 47.2 Å². The van der Waals surface area contributed by atoms with Crippen molar-refractivity contribution in [1.29, 1.82) is 0 Å². The summed E-state index contributed by atoms with van der Waals surface area (Å²) in [4.78, 5) is 12.7. The predicted molar refractivity (Wildman–Crippen MR) is 101 cm³/mol. The van der Waals surface area contributed by atoms with E-state index >= 15 is 0 Å². The molecule has 0 spiro atoms. The van der Waals surface area contributed by atoms with E-state index in [0.717, 1.165) is 29.8 Å². The second kappa shape index (κ2) is 9.88. The second-order valence-electron chi connectivity index (χ2n) is 6.56. The zero-order chi connectivity index (χ0) is 17.4. The molecule has 1 rings (SSSR count). The molecule has 0 aromatic carbocycles. The lowest BCUT2D eigenvalue weighted by Crippen LogP contribution is -2.45. The van der Waals surface area contributed by atoms with Gasteiger partial charge in [-0.25, -0.2) is 9.98 Å². The molecule has 0 fully saturated rings. The summed E-state index contributed by atoms with van der Waals surface area (Å²) in [5, 5.41) is 7.92. The lowest BCUT2D eigenvalue weighted by Gasteiger charge is -2.27. The van der Waals surface area contributed by atoms with Crippen LogP contribution < -0.4 is 10.6 Å². The number of aryl methyl sites for hydroxylation is 2. The fourth-order valence-corrected chi connectivity index (χ4v) is 3.31. The maximum Gasteiger partial charge on any atom is 0.191 e. The standard InChI is InChI=1S/C17H33N5S/c1-8-18-17(19-10-15(22(6)7)9-12(2)3)20-11-16-13(4)21-14(5)23-16/h12,15H,8-11H2,1-7H3,(H2,18,19,20). The molecule has 1 atom stereocenters. The Morgan fingerprint density at radius 2 is 1.96 bits per heavy atom. The third kappa shape index (κ3) is 7.31. The van der Waals surface area contributed by atoms with Crippen molar-refractivity contribution in [3.63, 3.8) is 0 Å². The van der Waals surface area contributed by atoms with Gasteiger partial charge in [-0.15, -0.1) is 11.3 Å². The van der Waals surface area contributed by atoms with Gasteiger partial charge in [0.15, 0.2) is 5.96 Å². The zero-order valence-corrected chi connectivity index (χ0v) is 16.5. The van der Waals surface area contributed by atoms with Crippen LogP contribution in [-0.4, -0.2) is 49.1 Å². The number of thiazole rings is 1. The molecule has 1 aromatic heterocycles. The Kier molecular flexibility index (Phi) is 8.55. The molecule has 5 nitrogen and oxygen atoms in total. The summed E-state index contributed by atoms with van der Waals surface area (Å²) < 4.78 is 0. The molecule has 1 aromatic rings. The summed E-state index contributed by atoms with van der Waals surface area (Å²) in [5.41, 5.74) is 1.10. The third-order valence-corrected chi connectivity index (χ3v) is 4.76. The van der Waals surface area contributed by atoms with E-state index in [0.29, 0.717) is 18.5 Å². The molecule has 0 saturated heterocycles. The van der Waals surface area contributed by atoms with Gasteiger partial charge in [0, 0.05) is 24.0 Å². The highest BCUT2D eigenvalue weighted by atomic mass is 32.1. The number of nitrogens with one attached hydrogen (secondary N) is 2. The highest BCUT2D eigenvalue weighted by molar-refractivity contribution is 7.11. The summed E-state index contributed by atoms with van der Waals surface area (Å²) in [5.74, 6) is 1.57. The average molecular weight is 340 g/mol. The first-order valence-electron chi connectivity index (χ1n) is 8.45. The SMILES string of the molecule is CCNC(=NCc1sc(C)nc1C)NCC(CC(C)C)N(C)C. The average Bonchev–Trinajstić information content (AvgIpc) is 2.77. The number of rotatable bonds is 8. The second-order valence-corrected chi connectivity index (χ2v) is 7.85.